The van der Waals surface area contributed by atoms with Gasteiger partial charge in [0, 0.05) is 11.2 Å². The molecule has 4 aromatic carbocycles. The van der Waals surface area contributed by atoms with Crippen molar-refractivity contribution >= 4 is 28.0 Å². The van der Waals surface area contributed by atoms with Crippen molar-refractivity contribution in [3.63, 3.8) is 0 Å². The Morgan fingerprint density at radius 3 is 1.86 bits per heavy atom. The highest BCUT2D eigenvalue weighted by atomic mass is 79.9. The molecule has 6 nitrogen and oxygen atoms in total. The molecule has 0 fully saturated rings. The molecule has 0 bridgehead atoms. The van der Waals surface area contributed by atoms with Crippen molar-refractivity contribution in [2.45, 2.75) is 17.9 Å². The molecule has 0 spiro atoms. The number of carboxylic acid groups (broad SMARTS) is 1. The van der Waals surface area contributed by atoms with E-state index >= 15 is 0 Å². The topological polar surface area (TPSA) is 84.9 Å². The van der Waals surface area contributed by atoms with Crippen molar-refractivity contribution in [3.05, 3.63) is 131 Å². The molecule has 0 unspecified atom stereocenters. The Kier molecular flexibility index (Phi) is 9.08. The molecule has 1 amide bonds. The molecule has 7 heteroatoms. The van der Waals surface area contributed by atoms with E-state index in [1.165, 1.54) is 17.7 Å². The van der Waals surface area contributed by atoms with Gasteiger partial charge >= 0.3 is 12.1 Å². The van der Waals surface area contributed by atoms with Crippen LogP contribution in [0.1, 0.15) is 38.5 Å². The number of alkyl halides is 1. The molecule has 37 heavy (non-hydrogen) atoms. The van der Waals surface area contributed by atoms with E-state index in [4.69, 9.17) is 14.7 Å². The lowest BCUT2D eigenvalue weighted by atomic mass is 9.98. The van der Waals surface area contributed by atoms with Crippen LogP contribution in [0.5, 0.6) is 0 Å². The molecule has 188 valence electrons. The number of carbonyl (C=O) groups excluding carboxylic acids is 1. The van der Waals surface area contributed by atoms with Crippen LogP contribution in [0.4, 0.5) is 4.79 Å². The minimum atomic E-state index is -0.991. The lowest BCUT2D eigenvalue weighted by Crippen LogP contribution is -2.26. The van der Waals surface area contributed by atoms with Gasteiger partial charge in [-0.3, -0.25) is 4.84 Å². The third-order valence-corrected chi connectivity index (χ3v) is 6.58. The summed E-state index contributed by atoms with van der Waals surface area (Å²) in [6, 6.07) is 32.7. The first-order valence-corrected chi connectivity index (χ1v) is 12.8. The molecule has 0 heterocycles. The fraction of sp³-hybridized carbons (Fsp3) is 0.133. The molecule has 1 aliphatic carbocycles. The van der Waals surface area contributed by atoms with Crippen molar-refractivity contribution in [2.75, 3.05) is 6.61 Å². The van der Waals surface area contributed by atoms with E-state index in [1.807, 2.05) is 42.5 Å². The van der Waals surface area contributed by atoms with Gasteiger partial charge < -0.3 is 9.84 Å². The summed E-state index contributed by atoms with van der Waals surface area (Å²) >= 11 is 3.36. The van der Waals surface area contributed by atoms with Gasteiger partial charge in [0.2, 0.25) is 0 Å². The van der Waals surface area contributed by atoms with Gasteiger partial charge in [-0.2, -0.15) is 5.48 Å². The van der Waals surface area contributed by atoms with Gasteiger partial charge in [-0.1, -0.05) is 107 Å². The minimum Gasteiger partial charge on any atom is -0.478 e. The van der Waals surface area contributed by atoms with Crippen molar-refractivity contribution < 1.29 is 24.3 Å². The number of carboxylic acids is 1. The van der Waals surface area contributed by atoms with E-state index in [-0.39, 0.29) is 24.7 Å². The molecule has 5 rings (SSSR count). The molecule has 0 radical (unpaired) electrons. The third-order valence-electron chi connectivity index (χ3n) is 5.94. The quantitative estimate of drug-likeness (QED) is 0.189. The smallest absolute Gasteiger partial charge is 0.431 e. The van der Waals surface area contributed by atoms with Crippen LogP contribution in [0.2, 0.25) is 0 Å². The van der Waals surface area contributed by atoms with Crippen LogP contribution in [0.3, 0.4) is 0 Å². The fourth-order valence-corrected chi connectivity index (χ4v) is 4.49. The number of hydrogen-bond acceptors (Lipinski definition) is 4. The van der Waals surface area contributed by atoms with E-state index in [0.717, 1.165) is 33.1 Å². The Morgan fingerprint density at radius 2 is 1.32 bits per heavy atom. The largest absolute Gasteiger partial charge is 0.478 e. The van der Waals surface area contributed by atoms with Crippen LogP contribution in [-0.4, -0.2) is 23.8 Å². The van der Waals surface area contributed by atoms with Gasteiger partial charge in [-0.05, 0) is 45.5 Å². The maximum atomic E-state index is 12.0. The number of hydrogen-bond donors (Lipinski definition) is 2. The summed E-state index contributed by atoms with van der Waals surface area (Å²) in [5.74, 6) is -1.01. The Balaban J connectivity index is 0.000000342. The van der Waals surface area contributed by atoms with Gasteiger partial charge in [0.05, 0.1) is 12.2 Å². The molecule has 0 saturated carbocycles. The number of carbonyl (C=O) groups is 2. The molecule has 0 aromatic heterocycles. The highest BCUT2D eigenvalue weighted by molar-refractivity contribution is 9.08. The van der Waals surface area contributed by atoms with Gasteiger partial charge in [-0.25, -0.2) is 9.59 Å². The summed E-state index contributed by atoms with van der Waals surface area (Å²) in [5.41, 5.74) is 9.12. The maximum Gasteiger partial charge on any atom is 0.431 e. The predicted molar refractivity (Wildman–Crippen MR) is 145 cm³/mol. The van der Waals surface area contributed by atoms with Crippen LogP contribution in [0, 0.1) is 0 Å². The van der Waals surface area contributed by atoms with Crippen molar-refractivity contribution in [1.29, 1.82) is 0 Å². The van der Waals surface area contributed by atoms with E-state index < -0.39 is 12.1 Å². The molecule has 0 aliphatic heterocycles. The number of amides is 1. The molecular formula is C30H26BrNO5. The first-order valence-electron chi connectivity index (χ1n) is 11.7. The number of hydroxylamine groups is 1. The molecule has 4 aromatic rings. The highest BCUT2D eigenvalue weighted by Crippen LogP contribution is 2.44. The summed E-state index contributed by atoms with van der Waals surface area (Å²) in [7, 11) is 0. The normalized spacial score (nSPS) is 11.5. The molecular weight excluding hydrogens is 534 g/mol. The zero-order valence-corrected chi connectivity index (χ0v) is 21.6. The van der Waals surface area contributed by atoms with Gasteiger partial charge in [-0.15, -0.1) is 0 Å². The number of benzene rings is 4. The summed E-state index contributed by atoms with van der Waals surface area (Å²) < 4.78 is 5.38. The first-order chi connectivity index (χ1) is 18.1. The lowest BCUT2D eigenvalue weighted by Gasteiger charge is -2.14. The van der Waals surface area contributed by atoms with E-state index in [0.29, 0.717) is 0 Å². The molecule has 0 saturated heterocycles. The Labute approximate surface area is 224 Å². The Hall–Kier alpha value is -3.94. The lowest BCUT2D eigenvalue weighted by molar-refractivity contribution is 0.0177. The third kappa shape index (κ3) is 6.84. The minimum absolute atomic E-state index is 0.0169. The first kappa shape index (κ1) is 26.1. The SMILES string of the molecule is BrCc1ccccc1.O=C(NOCc1ccc(C(=O)O)cc1)OCC1c2ccccc2-c2ccccc21. The van der Waals surface area contributed by atoms with Crippen LogP contribution in [0.15, 0.2) is 103 Å². The van der Waals surface area contributed by atoms with E-state index in [2.05, 4.69) is 57.8 Å². The van der Waals surface area contributed by atoms with Crippen molar-refractivity contribution in [3.8, 4) is 11.1 Å². The highest BCUT2D eigenvalue weighted by Gasteiger charge is 2.28. The van der Waals surface area contributed by atoms with Crippen LogP contribution in [0.25, 0.3) is 11.1 Å². The average molecular weight is 560 g/mol. The number of rotatable bonds is 7. The zero-order chi connectivity index (χ0) is 26.0. The second-order valence-corrected chi connectivity index (χ2v) is 8.90. The summed E-state index contributed by atoms with van der Waals surface area (Å²) in [4.78, 5) is 28.0. The number of halogens is 1. The average Bonchev–Trinajstić information content (AvgIpc) is 3.26. The van der Waals surface area contributed by atoms with Crippen molar-refractivity contribution in [1.82, 2.24) is 5.48 Å². The van der Waals surface area contributed by atoms with Gasteiger partial charge in [0.25, 0.3) is 0 Å². The Bertz CT molecular complexity index is 1300. The molecule has 1 aliphatic rings. The fourth-order valence-electron chi connectivity index (χ4n) is 4.12. The molecule has 0 atom stereocenters. The predicted octanol–water partition coefficient (Wildman–Crippen LogP) is 6.94. The monoisotopic (exact) mass is 559 g/mol. The standard InChI is InChI=1S/C23H19NO5.C7H7Br/c25-22(26)16-11-9-15(10-12-16)13-29-24-23(27)28-14-21-19-7-3-1-5-17(19)18-6-2-4-8-20(18)21;8-6-7-4-2-1-3-5-7/h1-12,21H,13-14H2,(H,24,27)(H,25,26);1-5H,6H2. The number of nitrogens with one attached hydrogen (secondary N) is 1. The van der Waals surface area contributed by atoms with Crippen LogP contribution >= 0.6 is 15.9 Å². The number of aromatic carboxylic acids is 1. The summed E-state index contributed by atoms with van der Waals surface area (Å²) in [5, 5.41) is 9.84. The second-order valence-electron chi connectivity index (χ2n) is 8.34. The number of fused-ring (bicyclic) bond motifs is 3. The van der Waals surface area contributed by atoms with E-state index in [1.54, 1.807) is 12.1 Å². The van der Waals surface area contributed by atoms with Crippen LogP contribution < -0.4 is 5.48 Å². The zero-order valence-electron chi connectivity index (χ0n) is 20.0. The van der Waals surface area contributed by atoms with Crippen molar-refractivity contribution in [2.24, 2.45) is 0 Å². The van der Waals surface area contributed by atoms with E-state index in [9.17, 15) is 9.59 Å². The summed E-state index contributed by atoms with van der Waals surface area (Å²) in [6.07, 6.45) is -0.672. The van der Waals surface area contributed by atoms with Crippen LogP contribution in [-0.2, 0) is 21.5 Å². The maximum absolute atomic E-state index is 12.0. The Morgan fingerprint density at radius 1 is 0.757 bits per heavy atom. The summed E-state index contributed by atoms with van der Waals surface area (Å²) in [6.45, 7) is 0.306. The molecule has 2 N–H and O–H groups in total. The number of ether oxygens (including phenoxy) is 1. The van der Waals surface area contributed by atoms with Gasteiger partial charge in [0.1, 0.15) is 6.61 Å². The van der Waals surface area contributed by atoms with Gasteiger partial charge in [0.15, 0.2) is 0 Å². The second kappa shape index (κ2) is 12.9.